The van der Waals surface area contributed by atoms with Gasteiger partial charge in [0, 0.05) is 23.7 Å². The van der Waals surface area contributed by atoms with Crippen molar-refractivity contribution in [3.63, 3.8) is 0 Å². The molecule has 0 radical (unpaired) electrons. The highest BCUT2D eigenvalue weighted by Gasteiger charge is 2.12. The summed E-state index contributed by atoms with van der Waals surface area (Å²) in [6, 6.07) is 2.04. The molecule has 0 aliphatic rings. The molecule has 0 aliphatic carbocycles. The van der Waals surface area contributed by atoms with E-state index in [1.165, 1.54) is 7.11 Å². The van der Waals surface area contributed by atoms with E-state index in [1.54, 1.807) is 6.92 Å². The maximum absolute atomic E-state index is 13.3. The van der Waals surface area contributed by atoms with Crippen LogP contribution in [0.2, 0.25) is 0 Å². The van der Waals surface area contributed by atoms with Gasteiger partial charge in [-0.15, -0.1) is 0 Å². The summed E-state index contributed by atoms with van der Waals surface area (Å²) in [4.78, 5) is 0. The van der Waals surface area contributed by atoms with Crippen molar-refractivity contribution in [2.24, 2.45) is 5.73 Å². The van der Waals surface area contributed by atoms with Gasteiger partial charge in [-0.05, 0) is 13.3 Å². The van der Waals surface area contributed by atoms with E-state index < -0.39 is 11.6 Å². The lowest BCUT2D eigenvalue weighted by atomic mass is 10.1. The van der Waals surface area contributed by atoms with Gasteiger partial charge in [0.25, 0.3) is 0 Å². The first-order valence-electron chi connectivity index (χ1n) is 4.32. The molecule has 0 heterocycles. The molecule has 2 N–H and O–H groups in total. The Bertz CT molecular complexity index is 303. The Morgan fingerprint density at radius 3 is 2.21 bits per heavy atom. The zero-order chi connectivity index (χ0) is 10.7. The SMILES string of the molecule is COc1cc(F)c(C[C@@H](C)N)c(F)c1. The Hall–Kier alpha value is -1.16. The van der Waals surface area contributed by atoms with E-state index in [2.05, 4.69) is 0 Å². The van der Waals surface area contributed by atoms with Crippen LogP contribution in [0, 0.1) is 11.6 Å². The molecule has 1 rings (SSSR count). The molecule has 0 spiro atoms. The van der Waals surface area contributed by atoms with Crippen LogP contribution >= 0.6 is 0 Å². The van der Waals surface area contributed by atoms with E-state index in [1.807, 2.05) is 0 Å². The molecule has 0 amide bonds. The van der Waals surface area contributed by atoms with Crippen molar-refractivity contribution >= 4 is 0 Å². The minimum atomic E-state index is -0.612. The maximum atomic E-state index is 13.3. The Morgan fingerprint density at radius 1 is 1.36 bits per heavy atom. The molecule has 0 bridgehead atoms. The minimum Gasteiger partial charge on any atom is -0.497 e. The van der Waals surface area contributed by atoms with E-state index in [-0.39, 0.29) is 23.8 Å². The molecule has 14 heavy (non-hydrogen) atoms. The second-order valence-electron chi connectivity index (χ2n) is 3.25. The molecule has 0 aromatic heterocycles. The van der Waals surface area contributed by atoms with Gasteiger partial charge in [-0.2, -0.15) is 0 Å². The van der Waals surface area contributed by atoms with Gasteiger partial charge in [0.05, 0.1) is 7.11 Å². The van der Waals surface area contributed by atoms with Crippen molar-refractivity contribution in [3.8, 4) is 5.75 Å². The molecular weight excluding hydrogens is 188 g/mol. The summed E-state index contributed by atoms with van der Waals surface area (Å²) in [7, 11) is 1.36. The summed E-state index contributed by atoms with van der Waals surface area (Å²) in [5.41, 5.74) is 5.48. The highest BCUT2D eigenvalue weighted by molar-refractivity contribution is 5.30. The summed E-state index contributed by atoms with van der Waals surface area (Å²) >= 11 is 0. The Labute approximate surface area is 81.7 Å². The average Bonchev–Trinajstić information content (AvgIpc) is 2.10. The highest BCUT2D eigenvalue weighted by atomic mass is 19.1. The summed E-state index contributed by atoms with van der Waals surface area (Å²) < 4.78 is 31.3. The van der Waals surface area contributed by atoms with Crippen LogP contribution in [0.15, 0.2) is 12.1 Å². The monoisotopic (exact) mass is 201 g/mol. The number of benzene rings is 1. The number of nitrogens with two attached hydrogens (primary N) is 1. The predicted octanol–water partition coefficient (Wildman–Crippen LogP) is 1.86. The van der Waals surface area contributed by atoms with Crippen molar-refractivity contribution < 1.29 is 13.5 Å². The second-order valence-corrected chi connectivity index (χ2v) is 3.25. The third kappa shape index (κ3) is 2.42. The first-order valence-corrected chi connectivity index (χ1v) is 4.32. The van der Waals surface area contributed by atoms with Gasteiger partial charge < -0.3 is 10.5 Å². The van der Waals surface area contributed by atoms with E-state index in [9.17, 15) is 8.78 Å². The zero-order valence-corrected chi connectivity index (χ0v) is 8.18. The largest absolute Gasteiger partial charge is 0.497 e. The highest BCUT2D eigenvalue weighted by Crippen LogP contribution is 2.21. The van der Waals surface area contributed by atoms with Gasteiger partial charge in [0.1, 0.15) is 17.4 Å². The molecule has 4 heteroatoms. The van der Waals surface area contributed by atoms with Crippen LogP contribution in [0.5, 0.6) is 5.75 Å². The van der Waals surface area contributed by atoms with Gasteiger partial charge in [0.2, 0.25) is 0 Å². The van der Waals surface area contributed by atoms with E-state index in [0.29, 0.717) is 0 Å². The van der Waals surface area contributed by atoms with Crippen LogP contribution in [0.4, 0.5) is 8.78 Å². The number of hydrogen-bond donors (Lipinski definition) is 1. The van der Waals surface area contributed by atoms with Crippen LogP contribution in [-0.2, 0) is 6.42 Å². The third-order valence-corrected chi connectivity index (χ3v) is 1.88. The van der Waals surface area contributed by atoms with E-state index >= 15 is 0 Å². The van der Waals surface area contributed by atoms with Gasteiger partial charge in [-0.3, -0.25) is 0 Å². The fraction of sp³-hybridized carbons (Fsp3) is 0.400. The van der Waals surface area contributed by atoms with Gasteiger partial charge in [-0.25, -0.2) is 8.78 Å². The third-order valence-electron chi connectivity index (χ3n) is 1.88. The van der Waals surface area contributed by atoms with Crippen LogP contribution in [-0.4, -0.2) is 13.2 Å². The standard InChI is InChI=1S/C10H13F2NO/c1-6(13)3-8-9(11)4-7(14-2)5-10(8)12/h4-6H,3,13H2,1-2H3/t6-/m1/s1. The fourth-order valence-electron chi connectivity index (χ4n) is 1.21. The lowest BCUT2D eigenvalue weighted by Crippen LogP contribution is -2.19. The van der Waals surface area contributed by atoms with Gasteiger partial charge >= 0.3 is 0 Å². The summed E-state index contributed by atoms with van der Waals surface area (Å²) in [5, 5.41) is 0. The molecule has 0 unspecified atom stereocenters. The normalized spacial score (nSPS) is 12.6. The average molecular weight is 201 g/mol. The van der Waals surface area contributed by atoms with Crippen LogP contribution in [0.25, 0.3) is 0 Å². The Kier molecular flexibility index (Phi) is 3.41. The molecule has 0 fully saturated rings. The Morgan fingerprint density at radius 2 is 1.86 bits per heavy atom. The molecule has 0 aliphatic heterocycles. The molecule has 2 nitrogen and oxygen atoms in total. The first-order chi connectivity index (χ1) is 6.54. The number of ether oxygens (including phenoxy) is 1. The summed E-state index contributed by atoms with van der Waals surface area (Å²) in [6.45, 7) is 1.70. The van der Waals surface area contributed by atoms with E-state index in [4.69, 9.17) is 10.5 Å². The number of rotatable bonds is 3. The van der Waals surface area contributed by atoms with Crippen molar-refractivity contribution in [2.45, 2.75) is 19.4 Å². The topological polar surface area (TPSA) is 35.2 Å². The molecule has 0 saturated carbocycles. The van der Waals surface area contributed by atoms with Crippen molar-refractivity contribution in [1.82, 2.24) is 0 Å². The van der Waals surface area contributed by atoms with Crippen LogP contribution < -0.4 is 10.5 Å². The quantitative estimate of drug-likeness (QED) is 0.810. The summed E-state index contributed by atoms with van der Waals surface area (Å²) in [6.07, 6.45) is 0.182. The first kappa shape index (κ1) is 10.9. The number of halogens is 2. The molecule has 78 valence electrons. The lowest BCUT2D eigenvalue weighted by Gasteiger charge is -2.09. The zero-order valence-electron chi connectivity index (χ0n) is 8.18. The molecule has 1 aromatic rings. The van der Waals surface area contributed by atoms with Crippen molar-refractivity contribution in [1.29, 1.82) is 0 Å². The smallest absolute Gasteiger partial charge is 0.133 e. The van der Waals surface area contributed by atoms with Crippen molar-refractivity contribution in [2.75, 3.05) is 7.11 Å². The van der Waals surface area contributed by atoms with Crippen LogP contribution in [0.1, 0.15) is 12.5 Å². The molecular formula is C10H13F2NO. The minimum absolute atomic E-state index is 0.0146. The maximum Gasteiger partial charge on any atom is 0.133 e. The fourth-order valence-corrected chi connectivity index (χ4v) is 1.21. The lowest BCUT2D eigenvalue weighted by molar-refractivity contribution is 0.404. The molecule has 1 atom stereocenters. The molecule has 1 aromatic carbocycles. The molecule has 0 saturated heterocycles. The van der Waals surface area contributed by atoms with E-state index in [0.717, 1.165) is 12.1 Å². The predicted molar refractivity (Wildman–Crippen MR) is 50.3 cm³/mol. The van der Waals surface area contributed by atoms with Crippen LogP contribution in [0.3, 0.4) is 0 Å². The second kappa shape index (κ2) is 4.37. The Balaban J connectivity index is 3.05. The summed E-state index contributed by atoms with van der Waals surface area (Å²) in [5.74, 6) is -1.05. The van der Waals surface area contributed by atoms with Gasteiger partial charge in [-0.1, -0.05) is 0 Å². The number of methoxy groups -OCH3 is 1. The van der Waals surface area contributed by atoms with Gasteiger partial charge in [0.15, 0.2) is 0 Å². The number of hydrogen-bond acceptors (Lipinski definition) is 2. The van der Waals surface area contributed by atoms with Crippen molar-refractivity contribution in [3.05, 3.63) is 29.3 Å².